The van der Waals surface area contributed by atoms with E-state index in [0.29, 0.717) is 23.6 Å². The summed E-state index contributed by atoms with van der Waals surface area (Å²) in [5.74, 6) is 0.978. The number of benzene rings is 3. The first-order valence-corrected chi connectivity index (χ1v) is 10.5. The number of nitrogens with zero attached hydrogens (tertiary/aromatic N) is 1. The molecule has 6 nitrogen and oxygen atoms in total. The number of amides is 1. The first-order chi connectivity index (χ1) is 15.4. The summed E-state index contributed by atoms with van der Waals surface area (Å²) in [5, 5.41) is 5.92. The van der Waals surface area contributed by atoms with E-state index in [-0.39, 0.29) is 11.0 Å². The number of hydrogen-bond donors (Lipinski definition) is 2. The van der Waals surface area contributed by atoms with E-state index >= 15 is 0 Å². The van der Waals surface area contributed by atoms with Crippen LogP contribution in [0.4, 0.5) is 5.69 Å². The van der Waals surface area contributed by atoms with Gasteiger partial charge in [0.25, 0.3) is 5.91 Å². The number of thiocarbonyl (C=S) groups is 1. The van der Waals surface area contributed by atoms with Crippen LogP contribution in [0.2, 0.25) is 0 Å². The molecular formula is C25H23N3O3S. The molecule has 0 aliphatic rings. The van der Waals surface area contributed by atoms with Crippen LogP contribution in [-0.2, 0) is 6.42 Å². The Hall–Kier alpha value is -3.71. The second-order valence-corrected chi connectivity index (χ2v) is 7.96. The van der Waals surface area contributed by atoms with Gasteiger partial charge in [0.2, 0.25) is 0 Å². The maximum Gasteiger partial charge on any atom is 0.257 e. The Bertz CT molecular complexity index is 1300. The fourth-order valence-electron chi connectivity index (χ4n) is 3.48. The van der Waals surface area contributed by atoms with Gasteiger partial charge in [-0.1, -0.05) is 24.3 Å². The predicted molar refractivity (Wildman–Crippen MR) is 129 cm³/mol. The first kappa shape index (κ1) is 21.5. The van der Waals surface area contributed by atoms with E-state index in [4.69, 9.17) is 21.4 Å². The number of nitrogens with one attached hydrogen (secondary N) is 2. The molecule has 2 N–H and O–H groups in total. The molecule has 4 rings (SSSR count). The van der Waals surface area contributed by atoms with Crippen molar-refractivity contribution in [2.45, 2.75) is 20.3 Å². The van der Waals surface area contributed by atoms with Crippen LogP contribution in [0.15, 0.2) is 65.1 Å². The molecule has 162 valence electrons. The lowest BCUT2D eigenvalue weighted by molar-refractivity contribution is 0.0977. The van der Waals surface area contributed by atoms with Gasteiger partial charge in [0.15, 0.2) is 16.6 Å². The number of oxazole rings is 1. The van der Waals surface area contributed by atoms with Crippen LogP contribution >= 0.6 is 12.2 Å². The third kappa shape index (κ3) is 4.95. The van der Waals surface area contributed by atoms with Crippen molar-refractivity contribution in [2.24, 2.45) is 0 Å². The van der Waals surface area contributed by atoms with Crippen molar-refractivity contribution >= 4 is 40.0 Å². The monoisotopic (exact) mass is 445 g/mol. The molecule has 0 saturated heterocycles. The van der Waals surface area contributed by atoms with E-state index in [9.17, 15) is 4.79 Å². The Morgan fingerprint density at radius 3 is 2.62 bits per heavy atom. The van der Waals surface area contributed by atoms with E-state index in [2.05, 4.69) is 28.6 Å². The number of anilines is 1. The Kier molecular flexibility index (Phi) is 6.18. The van der Waals surface area contributed by atoms with Crippen LogP contribution in [0.25, 0.3) is 11.1 Å². The molecule has 0 bridgehead atoms. The number of carbonyl (C=O) groups is 1. The minimum atomic E-state index is -0.306. The summed E-state index contributed by atoms with van der Waals surface area (Å²) in [6, 6.07) is 18.8. The van der Waals surface area contributed by atoms with Crippen LogP contribution in [-0.4, -0.2) is 23.1 Å². The summed E-state index contributed by atoms with van der Waals surface area (Å²) in [7, 11) is 1.55. The fraction of sp³-hybridized carbons (Fsp3) is 0.160. The number of carbonyl (C=O) groups excluding carboxylic acids is 1. The Balaban J connectivity index is 1.37. The molecule has 0 atom stereocenters. The summed E-state index contributed by atoms with van der Waals surface area (Å²) in [5.41, 5.74) is 6.26. The summed E-state index contributed by atoms with van der Waals surface area (Å²) < 4.78 is 11.1. The third-order valence-electron chi connectivity index (χ3n) is 4.99. The van der Waals surface area contributed by atoms with Gasteiger partial charge >= 0.3 is 0 Å². The number of rotatable bonds is 5. The number of ether oxygens (including phenoxy) is 1. The van der Waals surface area contributed by atoms with Gasteiger partial charge in [0.05, 0.1) is 7.11 Å². The van der Waals surface area contributed by atoms with Gasteiger partial charge < -0.3 is 14.5 Å². The van der Waals surface area contributed by atoms with E-state index in [1.807, 2.05) is 37.3 Å². The number of aryl methyl sites for hydroxylation is 2. The van der Waals surface area contributed by atoms with E-state index in [0.717, 1.165) is 27.9 Å². The van der Waals surface area contributed by atoms with Crippen LogP contribution in [0.5, 0.6) is 5.75 Å². The van der Waals surface area contributed by atoms with Gasteiger partial charge in [-0.3, -0.25) is 10.1 Å². The molecule has 7 heteroatoms. The van der Waals surface area contributed by atoms with Crippen LogP contribution in [0.1, 0.15) is 32.9 Å². The molecular weight excluding hydrogens is 422 g/mol. The molecule has 0 spiro atoms. The largest absolute Gasteiger partial charge is 0.497 e. The fourth-order valence-corrected chi connectivity index (χ4v) is 3.69. The summed E-state index contributed by atoms with van der Waals surface area (Å²) in [6.45, 7) is 4.08. The van der Waals surface area contributed by atoms with Crippen LogP contribution in [0.3, 0.4) is 0 Å². The zero-order valence-corrected chi connectivity index (χ0v) is 18.9. The van der Waals surface area contributed by atoms with E-state index in [1.54, 1.807) is 31.4 Å². The molecule has 0 radical (unpaired) electrons. The van der Waals surface area contributed by atoms with Crippen molar-refractivity contribution in [2.75, 3.05) is 12.4 Å². The number of hydrogen-bond acceptors (Lipinski definition) is 5. The number of aromatic nitrogens is 1. The zero-order valence-electron chi connectivity index (χ0n) is 18.1. The number of fused-ring (bicyclic) bond motifs is 1. The van der Waals surface area contributed by atoms with Gasteiger partial charge in [-0.2, -0.15) is 0 Å². The second-order valence-electron chi connectivity index (χ2n) is 7.55. The van der Waals surface area contributed by atoms with Crippen molar-refractivity contribution in [3.05, 3.63) is 88.8 Å². The van der Waals surface area contributed by atoms with Crippen molar-refractivity contribution in [1.29, 1.82) is 0 Å². The number of methoxy groups -OCH3 is 1. The smallest absolute Gasteiger partial charge is 0.257 e. The normalized spacial score (nSPS) is 10.7. The molecule has 4 aromatic rings. The molecule has 1 heterocycles. The highest BCUT2D eigenvalue weighted by Gasteiger charge is 2.11. The lowest BCUT2D eigenvalue weighted by Crippen LogP contribution is -2.34. The molecule has 32 heavy (non-hydrogen) atoms. The highest BCUT2D eigenvalue weighted by molar-refractivity contribution is 7.80. The van der Waals surface area contributed by atoms with Gasteiger partial charge in [-0.15, -0.1) is 0 Å². The molecule has 0 aliphatic heterocycles. The maximum atomic E-state index is 12.4. The minimum absolute atomic E-state index is 0.218. The Morgan fingerprint density at radius 2 is 1.88 bits per heavy atom. The lowest BCUT2D eigenvalue weighted by Gasteiger charge is -2.10. The second kappa shape index (κ2) is 9.20. The quantitative estimate of drug-likeness (QED) is 0.413. The highest BCUT2D eigenvalue weighted by Crippen LogP contribution is 2.23. The topological polar surface area (TPSA) is 76.4 Å². The average molecular weight is 446 g/mol. The SMILES string of the molecule is COc1cccc(C(=O)NC(=S)Nc2ccc(Cc3nc4cc(C)cc(C)c4o3)cc2)c1. The van der Waals surface area contributed by atoms with Gasteiger partial charge in [0.1, 0.15) is 11.3 Å². The molecule has 1 amide bonds. The Labute approximate surface area is 191 Å². The molecule has 1 aromatic heterocycles. The van der Waals surface area contributed by atoms with Gasteiger partial charge in [-0.05, 0) is 79.2 Å². The standard InChI is InChI=1S/C25H23N3O3S/c1-15-11-16(2)23-21(12-15)27-22(31-23)13-17-7-9-19(10-8-17)26-25(32)28-24(29)18-5-4-6-20(14-18)30-3/h4-12,14H,13H2,1-3H3,(H2,26,28,29,32). The zero-order chi connectivity index (χ0) is 22.7. The minimum Gasteiger partial charge on any atom is -0.497 e. The first-order valence-electron chi connectivity index (χ1n) is 10.1. The molecule has 0 saturated carbocycles. The van der Waals surface area contributed by atoms with Crippen molar-refractivity contribution in [3.63, 3.8) is 0 Å². The van der Waals surface area contributed by atoms with E-state index in [1.165, 1.54) is 5.56 Å². The molecule has 3 aromatic carbocycles. The predicted octanol–water partition coefficient (Wildman–Crippen LogP) is 5.17. The van der Waals surface area contributed by atoms with Crippen molar-refractivity contribution in [1.82, 2.24) is 10.3 Å². The lowest BCUT2D eigenvalue weighted by atomic mass is 10.1. The van der Waals surface area contributed by atoms with Crippen LogP contribution in [0, 0.1) is 13.8 Å². The summed E-state index contributed by atoms with van der Waals surface area (Å²) in [6.07, 6.45) is 0.588. The van der Waals surface area contributed by atoms with Gasteiger partial charge in [-0.25, -0.2) is 4.98 Å². The van der Waals surface area contributed by atoms with Crippen molar-refractivity contribution < 1.29 is 13.9 Å². The molecule has 0 unspecified atom stereocenters. The summed E-state index contributed by atoms with van der Waals surface area (Å²) in [4.78, 5) is 17.0. The third-order valence-corrected chi connectivity index (χ3v) is 5.19. The maximum absolute atomic E-state index is 12.4. The van der Waals surface area contributed by atoms with Gasteiger partial charge in [0, 0.05) is 17.7 Å². The van der Waals surface area contributed by atoms with E-state index < -0.39 is 0 Å². The molecule has 0 fully saturated rings. The average Bonchev–Trinajstić information content (AvgIpc) is 3.17. The summed E-state index contributed by atoms with van der Waals surface area (Å²) >= 11 is 5.27. The molecule has 0 aliphatic carbocycles. The Morgan fingerprint density at radius 1 is 1.09 bits per heavy atom. The highest BCUT2D eigenvalue weighted by atomic mass is 32.1. The van der Waals surface area contributed by atoms with Crippen molar-refractivity contribution in [3.8, 4) is 5.75 Å². The van der Waals surface area contributed by atoms with Crippen LogP contribution < -0.4 is 15.4 Å².